The van der Waals surface area contributed by atoms with E-state index in [2.05, 4.69) is 0 Å². The van der Waals surface area contributed by atoms with Gasteiger partial charge >= 0.3 is 5.97 Å². The molecule has 1 unspecified atom stereocenters. The molecule has 114 valence electrons. The molecule has 0 aromatic heterocycles. The smallest absolute Gasteiger partial charge is 0.303 e. The summed E-state index contributed by atoms with van der Waals surface area (Å²) in [5.41, 5.74) is 0.406. The monoisotopic (exact) mass is 329 g/mol. The van der Waals surface area contributed by atoms with Gasteiger partial charge < -0.3 is 10.0 Å². The highest BCUT2D eigenvalue weighted by Crippen LogP contribution is 2.28. The quantitative estimate of drug-likeness (QED) is 0.915. The number of carboxylic acids is 1. The summed E-state index contributed by atoms with van der Waals surface area (Å²) >= 11 is 12.0. The Morgan fingerprint density at radius 3 is 2.81 bits per heavy atom. The van der Waals surface area contributed by atoms with Crippen molar-refractivity contribution in [3.05, 3.63) is 33.8 Å². The maximum Gasteiger partial charge on any atom is 0.303 e. The Balaban J connectivity index is 2.05. The molecule has 1 aliphatic rings. The number of carboxylic acid groups (broad SMARTS) is 1. The lowest BCUT2D eigenvalue weighted by molar-refractivity contribution is -0.137. The molecule has 1 aromatic carbocycles. The highest BCUT2D eigenvalue weighted by Gasteiger charge is 2.26. The minimum atomic E-state index is -0.795. The zero-order chi connectivity index (χ0) is 15.4. The molecular formula is C15H17Cl2NO3. The second kappa shape index (κ2) is 7.14. The van der Waals surface area contributed by atoms with E-state index < -0.39 is 5.97 Å². The molecule has 6 heteroatoms. The van der Waals surface area contributed by atoms with Gasteiger partial charge in [0.2, 0.25) is 0 Å². The molecular weight excluding hydrogens is 313 g/mol. The average Bonchev–Trinajstić information content (AvgIpc) is 2.47. The molecule has 2 rings (SSSR count). The lowest BCUT2D eigenvalue weighted by Crippen LogP contribution is -2.40. The van der Waals surface area contributed by atoms with Gasteiger partial charge in [0.05, 0.1) is 15.6 Å². The number of hydrogen-bond acceptors (Lipinski definition) is 2. The van der Waals surface area contributed by atoms with Crippen LogP contribution in [0.5, 0.6) is 0 Å². The number of carbonyl (C=O) groups excluding carboxylic acids is 1. The first kappa shape index (κ1) is 16.1. The molecule has 0 saturated carbocycles. The van der Waals surface area contributed by atoms with Gasteiger partial charge in [-0.05, 0) is 37.3 Å². The number of halogens is 2. The highest BCUT2D eigenvalue weighted by atomic mass is 35.5. The fourth-order valence-electron chi connectivity index (χ4n) is 2.65. The van der Waals surface area contributed by atoms with E-state index in [1.807, 2.05) is 0 Å². The van der Waals surface area contributed by atoms with Crippen molar-refractivity contribution < 1.29 is 14.7 Å². The van der Waals surface area contributed by atoms with Gasteiger partial charge in [-0.1, -0.05) is 29.3 Å². The van der Waals surface area contributed by atoms with Crippen LogP contribution in [-0.4, -0.2) is 35.0 Å². The van der Waals surface area contributed by atoms with Crippen LogP contribution < -0.4 is 0 Å². The summed E-state index contributed by atoms with van der Waals surface area (Å²) in [6.07, 6.45) is 2.58. The van der Waals surface area contributed by atoms with Crippen LogP contribution in [0.4, 0.5) is 0 Å². The van der Waals surface area contributed by atoms with E-state index in [1.54, 1.807) is 23.1 Å². The summed E-state index contributed by atoms with van der Waals surface area (Å²) in [6, 6.07) is 5.01. The minimum absolute atomic E-state index is 0.137. The van der Waals surface area contributed by atoms with E-state index in [1.165, 1.54) is 0 Å². The zero-order valence-corrected chi connectivity index (χ0v) is 13.0. The molecule has 1 aliphatic heterocycles. The number of aliphatic carboxylic acids is 1. The Hall–Kier alpha value is -1.26. The fourth-order valence-corrected chi connectivity index (χ4v) is 3.03. The van der Waals surface area contributed by atoms with Crippen molar-refractivity contribution in [2.45, 2.75) is 25.7 Å². The Morgan fingerprint density at radius 2 is 2.10 bits per heavy atom. The van der Waals surface area contributed by atoms with E-state index in [0.29, 0.717) is 30.1 Å². The van der Waals surface area contributed by atoms with E-state index in [-0.39, 0.29) is 23.3 Å². The topological polar surface area (TPSA) is 57.6 Å². The van der Waals surface area contributed by atoms with Crippen molar-refractivity contribution in [1.29, 1.82) is 0 Å². The largest absolute Gasteiger partial charge is 0.481 e. The average molecular weight is 330 g/mol. The van der Waals surface area contributed by atoms with Gasteiger partial charge in [-0.3, -0.25) is 9.59 Å². The third-order valence-corrected chi connectivity index (χ3v) is 4.57. The van der Waals surface area contributed by atoms with Crippen LogP contribution in [0.2, 0.25) is 10.0 Å². The van der Waals surface area contributed by atoms with E-state index in [0.717, 1.165) is 12.8 Å². The summed E-state index contributed by atoms with van der Waals surface area (Å²) in [5.74, 6) is -0.698. The first-order valence-corrected chi connectivity index (χ1v) is 7.69. The second-order valence-corrected chi connectivity index (χ2v) is 6.08. The Kier molecular flexibility index (Phi) is 5.48. The number of hydrogen-bond donors (Lipinski definition) is 1. The third-order valence-electron chi connectivity index (χ3n) is 3.75. The summed E-state index contributed by atoms with van der Waals surface area (Å²) in [4.78, 5) is 24.9. The van der Waals surface area contributed by atoms with Crippen molar-refractivity contribution in [2.75, 3.05) is 13.1 Å². The maximum atomic E-state index is 12.5. The molecule has 21 heavy (non-hydrogen) atoms. The SMILES string of the molecule is O=C(O)CCC1CCCN(C(=O)c2cccc(Cl)c2Cl)C1. The normalized spacial score (nSPS) is 18.6. The summed E-state index contributed by atoms with van der Waals surface area (Å²) in [5, 5.41) is 9.39. The molecule has 1 amide bonds. The van der Waals surface area contributed by atoms with Gasteiger partial charge in [0, 0.05) is 19.5 Å². The van der Waals surface area contributed by atoms with Crippen LogP contribution in [0.1, 0.15) is 36.0 Å². The highest BCUT2D eigenvalue weighted by molar-refractivity contribution is 6.43. The molecule has 0 bridgehead atoms. The number of benzene rings is 1. The van der Waals surface area contributed by atoms with Crippen LogP contribution in [0, 0.1) is 5.92 Å². The van der Waals surface area contributed by atoms with Crippen LogP contribution in [0.25, 0.3) is 0 Å². The predicted octanol–water partition coefficient (Wildman–Crippen LogP) is 3.71. The van der Waals surface area contributed by atoms with Gasteiger partial charge in [0.25, 0.3) is 5.91 Å². The number of likely N-dealkylation sites (tertiary alicyclic amines) is 1. The van der Waals surface area contributed by atoms with Crippen molar-refractivity contribution >= 4 is 35.1 Å². The Bertz CT molecular complexity index is 548. The molecule has 4 nitrogen and oxygen atoms in total. The number of nitrogens with zero attached hydrogens (tertiary/aromatic N) is 1. The summed E-state index contributed by atoms with van der Waals surface area (Å²) in [7, 11) is 0. The van der Waals surface area contributed by atoms with Crippen LogP contribution in [0.3, 0.4) is 0 Å². The van der Waals surface area contributed by atoms with E-state index in [9.17, 15) is 9.59 Å². The standard InChI is InChI=1S/C15H17Cl2NO3/c16-12-5-1-4-11(14(12)17)15(21)18-8-2-3-10(9-18)6-7-13(19)20/h1,4-5,10H,2-3,6-9H2,(H,19,20). The van der Waals surface area contributed by atoms with Crippen LogP contribution in [0.15, 0.2) is 18.2 Å². The van der Waals surface area contributed by atoms with Crippen molar-refractivity contribution in [1.82, 2.24) is 4.90 Å². The van der Waals surface area contributed by atoms with E-state index in [4.69, 9.17) is 28.3 Å². The van der Waals surface area contributed by atoms with Gasteiger partial charge in [-0.2, -0.15) is 0 Å². The van der Waals surface area contributed by atoms with Gasteiger partial charge in [-0.15, -0.1) is 0 Å². The molecule has 1 fully saturated rings. The number of piperidine rings is 1. The number of carbonyl (C=O) groups is 2. The molecule has 0 aliphatic carbocycles. The molecule has 1 N–H and O–H groups in total. The molecule has 0 radical (unpaired) electrons. The number of rotatable bonds is 4. The van der Waals surface area contributed by atoms with Gasteiger partial charge in [0.1, 0.15) is 0 Å². The van der Waals surface area contributed by atoms with Crippen molar-refractivity contribution in [3.63, 3.8) is 0 Å². The van der Waals surface area contributed by atoms with Crippen molar-refractivity contribution in [2.24, 2.45) is 5.92 Å². The lowest BCUT2D eigenvalue weighted by atomic mass is 9.93. The number of amides is 1. The lowest BCUT2D eigenvalue weighted by Gasteiger charge is -2.33. The fraction of sp³-hybridized carbons (Fsp3) is 0.467. The minimum Gasteiger partial charge on any atom is -0.481 e. The van der Waals surface area contributed by atoms with Gasteiger partial charge in [0.15, 0.2) is 0 Å². The first-order valence-electron chi connectivity index (χ1n) is 6.94. The maximum absolute atomic E-state index is 12.5. The van der Waals surface area contributed by atoms with E-state index >= 15 is 0 Å². The molecule has 0 spiro atoms. The van der Waals surface area contributed by atoms with Crippen LogP contribution in [-0.2, 0) is 4.79 Å². The molecule has 1 heterocycles. The Labute approximate surface area is 133 Å². The molecule has 1 saturated heterocycles. The summed E-state index contributed by atoms with van der Waals surface area (Å²) < 4.78 is 0. The predicted molar refractivity (Wildman–Crippen MR) is 82.0 cm³/mol. The van der Waals surface area contributed by atoms with Crippen LogP contribution >= 0.6 is 23.2 Å². The molecule has 1 atom stereocenters. The zero-order valence-electron chi connectivity index (χ0n) is 11.5. The van der Waals surface area contributed by atoms with Crippen molar-refractivity contribution in [3.8, 4) is 0 Å². The molecule has 1 aromatic rings. The third kappa shape index (κ3) is 4.11. The second-order valence-electron chi connectivity index (χ2n) is 5.29. The van der Waals surface area contributed by atoms with Gasteiger partial charge in [-0.25, -0.2) is 0 Å². The summed E-state index contributed by atoms with van der Waals surface area (Å²) in [6.45, 7) is 1.25. The first-order chi connectivity index (χ1) is 9.99. The Morgan fingerprint density at radius 1 is 1.33 bits per heavy atom.